The summed E-state index contributed by atoms with van der Waals surface area (Å²) in [5.41, 5.74) is 6.73. The molecule has 1 fully saturated rings. The number of hydroxylamine groups is 2. The van der Waals surface area contributed by atoms with Crippen molar-refractivity contribution in [1.82, 2.24) is 25.1 Å². The van der Waals surface area contributed by atoms with Gasteiger partial charge in [-0.1, -0.05) is 31.2 Å². The minimum absolute atomic E-state index is 0.268. The number of carbonyl (C=O) groups is 2. The topological polar surface area (TPSA) is 127 Å². The van der Waals surface area contributed by atoms with Crippen LogP contribution in [0.3, 0.4) is 0 Å². The van der Waals surface area contributed by atoms with Crippen molar-refractivity contribution in [1.29, 1.82) is 0 Å². The molecule has 10 nitrogen and oxygen atoms in total. The number of benzene rings is 2. The molecule has 2 atom stereocenters. The summed E-state index contributed by atoms with van der Waals surface area (Å²) in [6, 6.07) is 12.3. The quantitative estimate of drug-likeness (QED) is 0.307. The zero-order chi connectivity index (χ0) is 29.3. The molecule has 3 amide bonds. The van der Waals surface area contributed by atoms with Crippen LogP contribution in [0.5, 0.6) is 0 Å². The molecular weight excluding hydrogens is 539 g/mol. The van der Waals surface area contributed by atoms with Gasteiger partial charge in [0.15, 0.2) is 23.1 Å². The molecule has 212 valence electrons. The van der Waals surface area contributed by atoms with Gasteiger partial charge in [-0.05, 0) is 42.8 Å². The molecule has 1 saturated heterocycles. The molecule has 0 radical (unpaired) electrons. The Morgan fingerprint density at radius 1 is 1.07 bits per heavy atom. The largest absolute Gasteiger partial charge is 0.364 e. The Hall–Kier alpha value is -4.75. The highest BCUT2D eigenvalue weighted by Crippen LogP contribution is 2.32. The van der Waals surface area contributed by atoms with Crippen LogP contribution in [-0.2, 0) is 4.84 Å². The molecule has 0 bridgehead atoms. The third kappa shape index (κ3) is 5.62. The first-order valence-corrected chi connectivity index (χ1v) is 12.7. The molecule has 5 rings (SSSR count). The Labute approximate surface area is 232 Å². The summed E-state index contributed by atoms with van der Waals surface area (Å²) in [4.78, 5) is 34.5. The van der Waals surface area contributed by atoms with Gasteiger partial charge in [0, 0.05) is 30.4 Å². The SMILES string of the molecule is CCN1C[C@@H](NC(=O)Nc2c(C)c(-c3cnc(C(N)=O)c(F)c3)nn2-c2ccccc2)[C@H](c2ccc(F)c(F)c2)O1. The maximum Gasteiger partial charge on any atom is 0.320 e. The summed E-state index contributed by atoms with van der Waals surface area (Å²) < 4.78 is 43.5. The van der Waals surface area contributed by atoms with Gasteiger partial charge >= 0.3 is 6.03 Å². The predicted molar refractivity (Wildman–Crippen MR) is 143 cm³/mol. The molecule has 2 aromatic heterocycles. The molecule has 41 heavy (non-hydrogen) atoms. The fourth-order valence-electron chi connectivity index (χ4n) is 4.63. The average molecular weight is 566 g/mol. The number of nitrogens with one attached hydrogen (secondary N) is 2. The van der Waals surface area contributed by atoms with Gasteiger partial charge in [-0.2, -0.15) is 10.2 Å². The lowest BCUT2D eigenvalue weighted by molar-refractivity contribution is -0.144. The second kappa shape index (κ2) is 11.4. The minimum atomic E-state index is -1.02. The van der Waals surface area contributed by atoms with Gasteiger partial charge in [-0.15, -0.1) is 0 Å². The number of primary amides is 1. The first kappa shape index (κ1) is 27.8. The van der Waals surface area contributed by atoms with Crippen molar-refractivity contribution in [2.75, 3.05) is 18.4 Å². The van der Waals surface area contributed by atoms with Gasteiger partial charge in [-0.25, -0.2) is 27.6 Å². The van der Waals surface area contributed by atoms with Crippen LogP contribution in [0.15, 0.2) is 60.8 Å². The number of pyridine rings is 1. The van der Waals surface area contributed by atoms with Crippen LogP contribution in [0.2, 0.25) is 0 Å². The maximum atomic E-state index is 14.5. The lowest BCUT2D eigenvalue weighted by atomic mass is 10.0. The summed E-state index contributed by atoms with van der Waals surface area (Å²) in [6.45, 7) is 4.36. The number of nitrogens with zero attached hydrogens (tertiary/aromatic N) is 4. The minimum Gasteiger partial charge on any atom is -0.364 e. The van der Waals surface area contributed by atoms with Crippen LogP contribution < -0.4 is 16.4 Å². The summed E-state index contributed by atoms with van der Waals surface area (Å²) in [6.07, 6.45) is 0.517. The Kier molecular flexibility index (Phi) is 7.72. The smallest absolute Gasteiger partial charge is 0.320 e. The van der Waals surface area contributed by atoms with Crippen LogP contribution in [-0.4, -0.2) is 50.9 Å². The first-order valence-electron chi connectivity index (χ1n) is 12.7. The second-order valence-corrected chi connectivity index (χ2v) is 9.37. The summed E-state index contributed by atoms with van der Waals surface area (Å²) >= 11 is 0. The second-order valence-electron chi connectivity index (χ2n) is 9.37. The standard InChI is InChI=1S/C28H26F3N7O3/c1-3-37-14-22(25(41-37)16-9-10-19(29)20(30)11-16)34-28(40)35-27-15(2)23(36-38(27)18-7-5-4-6-8-18)17-12-21(31)24(26(32)39)33-13-17/h4-13,22,25H,3,14H2,1-2H3,(H2,32,39)(H2,34,35,40)/t22-,25+/m1/s1. The summed E-state index contributed by atoms with van der Waals surface area (Å²) in [7, 11) is 0. The maximum absolute atomic E-state index is 14.5. The number of urea groups is 1. The number of aromatic nitrogens is 3. The number of rotatable bonds is 7. The van der Waals surface area contributed by atoms with Crippen molar-refractivity contribution in [3.05, 3.63) is 95.1 Å². The van der Waals surface area contributed by atoms with Gasteiger partial charge in [-0.3, -0.25) is 14.9 Å². The normalized spacial score (nSPS) is 17.0. The van der Waals surface area contributed by atoms with E-state index in [0.717, 1.165) is 18.2 Å². The Morgan fingerprint density at radius 3 is 2.49 bits per heavy atom. The van der Waals surface area contributed by atoms with E-state index in [4.69, 9.17) is 10.6 Å². The van der Waals surface area contributed by atoms with Crippen molar-refractivity contribution in [3.8, 4) is 16.9 Å². The number of hydrogen-bond acceptors (Lipinski definition) is 6. The summed E-state index contributed by atoms with van der Waals surface area (Å²) in [5, 5.41) is 11.9. The van der Waals surface area contributed by atoms with Crippen molar-refractivity contribution in [3.63, 3.8) is 0 Å². The monoisotopic (exact) mass is 565 g/mol. The highest BCUT2D eigenvalue weighted by atomic mass is 19.2. The van der Waals surface area contributed by atoms with Crippen molar-refractivity contribution in [2.45, 2.75) is 26.0 Å². The number of amides is 3. The Balaban J connectivity index is 1.46. The third-order valence-corrected chi connectivity index (χ3v) is 6.67. The molecule has 4 aromatic rings. The van der Waals surface area contributed by atoms with E-state index in [1.54, 1.807) is 36.3 Å². The van der Waals surface area contributed by atoms with Gasteiger partial charge in [0.25, 0.3) is 5.91 Å². The summed E-state index contributed by atoms with van der Waals surface area (Å²) in [5.74, 6) is -3.62. The van der Waals surface area contributed by atoms with Gasteiger partial charge in [0.1, 0.15) is 11.9 Å². The van der Waals surface area contributed by atoms with E-state index in [1.165, 1.54) is 16.9 Å². The van der Waals surface area contributed by atoms with Crippen LogP contribution in [0.4, 0.5) is 23.8 Å². The van der Waals surface area contributed by atoms with Gasteiger partial charge < -0.3 is 11.1 Å². The number of likely N-dealkylation sites (N-methyl/N-ethyl adjacent to an activating group) is 1. The molecule has 4 N–H and O–H groups in total. The fraction of sp³-hybridized carbons (Fsp3) is 0.214. The van der Waals surface area contributed by atoms with Crippen molar-refractivity contribution in [2.24, 2.45) is 5.73 Å². The van der Waals surface area contributed by atoms with Crippen LogP contribution in [0, 0.1) is 24.4 Å². The number of nitrogens with two attached hydrogens (primary N) is 1. The van der Waals surface area contributed by atoms with Gasteiger partial charge in [0.2, 0.25) is 0 Å². The lowest BCUT2D eigenvalue weighted by Gasteiger charge is -2.20. The van der Waals surface area contributed by atoms with Crippen LogP contribution in [0.25, 0.3) is 16.9 Å². The number of carbonyl (C=O) groups excluding carboxylic acids is 2. The number of hydrogen-bond donors (Lipinski definition) is 3. The molecule has 0 spiro atoms. The predicted octanol–water partition coefficient (Wildman–Crippen LogP) is 4.26. The first-order chi connectivity index (χ1) is 19.7. The molecule has 1 aliphatic rings. The Morgan fingerprint density at radius 2 is 1.83 bits per heavy atom. The lowest BCUT2D eigenvalue weighted by Crippen LogP contribution is -2.42. The zero-order valence-corrected chi connectivity index (χ0v) is 22.1. The van der Waals surface area contributed by atoms with Crippen molar-refractivity contribution >= 4 is 17.8 Å². The molecule has 3 heterocycles. The number of para-hydroxylation sites is 1. The molecule has 13 heteroatoms. The third-order valence-electron chi connectivity index (χ3n) is 6.67. The fourth-order valence-corrected chi connectivity index (χ4v) is 4.63. The van der Waals surface area contributed by atoms with E-state index >= 15 is 0 Å². The zero-order valence-electron chi connectivity index (χ0n) is 22.1. The van der Waals surface area contributed by atoms with E-state index in [0.29, 0.717) is 41.4 Å². The highest BCUT2D eigenvalue weighted by Gasteiger charge is 2.36. The average Bonchev–Trinajstić information content (AvgIpc) is 3.51. The van der Waals surface area contributed by atoms with Crippen molar-refractivity contribution < 1.29 is 27.6 Å². The van der Waals surface area contributed by atoms with E-state index in [9.17, 15) is 22.8 Å². The Bertz CT molecular complexity index is 1610. The van der Waals surface area contributed by atoms with E-state index in [-0.39, 0.29) is 5.56 Å². The van der Waals surface area contributed by atoms with E-state index in [2.05, 4.69) is 20.7 Å². The molecule has 0 saturated carbocycles. The van der Waals surface area contributed by atoms with E-state index < -0.39 is 47.2 Å². The van der Waals surface area contributed by atoms with Gasteiger partial charge in [0.05, 0.1) is 17.4 Å². The highest BCUT2D eigenvalue weighted by molar-refractivity contribution is 5.92. The number of halogens is 3. The van der Waals surface area contributed by atoms with Crippen LogP contribution >= 0.6 is 0 Å². The van der Waals surface area contributed by atoms with E-state index in [1.807, 2.05) is 13.0 Å². The molecule has 0 aliphatic carbocycles. The molecular formula is C28H26F3N7O3. The number of anilines is 1. The molecule has 1 aliphatic heterocycles. The molecule has 2 aromatic carbocycles. The molecule has 0 unspecified atom stereocenters. The van der Waals surface area contributed by atoms with Crippen LogP contribution in [0.1, 0.15) is 34.6 Å².